The second-order valence-electron chi connectivity index (χ2n) is 5.91. The van der Waals surface area contributed by atoms with Gasteiger partial charge in [0.25, 0.3) is 0 Å². The lowest BCUT2D eigenvalue weighted by atomic mass is 9.63. The number of rotatable bonds is 2. The Morgan fingerprint density at radius 3 is 2.90 bits per heavy atom. The first-order valence-electron chi connectivity index (χ1n) is 7.08. The van der Waals surface area contributed by atoms with Crippen molar-refractivity contribution in [3.05, 3.63) is 29.8 Å². The minimum atomic E-state index is -0.813. The SMILES string of the molecule is CC1CC(C#N)(C(=O)NC2CCOc3ccccc32)C1. The lowest BCUT2D eigenvalue weighted by Gasteiger charge is -2.40. The number of carbonyl (C=O) groups excluding carboxylic acids is 1. The van der Waals surface area contributed by atoms with Crippen molar-refractivity contribution in [2.75, 3.05) is 6.61 Å². The van der Waals surface area contributed by atoms with Crippen LogP contribution in [-0.4, -0.2) is 12.5 Å². The van der Waals surface area contributed by atoms with Crippen molar-refractivity contribution in [2.45, 2.75) is 32.2 Å². The second-order valence-corrected chi connectivity index (χ2v) is 5.91. The summed E-state index contributed by atoms with van der Waals surface area (Å²) < 4.78 is 5.59. The van der Waals surface area contributed by atoms with E-state index in [1.165, 1.54) is 0 Å². The number of benzene rings is 1. The number of amides is 1. The first kappa shape index (κ1) is 13.0. The zero-order valence-electron chi connectivity index (χ0n) is 11.6. The van der Waals surface area contributed by atoms with Gasteiger partial charge in [0.1, 0.15) is 11.2 Å². The number of hydrogen-bond acceptors (Lipinski definition) is 3. The quantitative estimate of drug-likeness (QED) is 0.898. The van der Waals surface area contributed by atoms with Crippen LogP contribution in [0.3, 0.4) is 0 Å². The van der Waals surface area contributed by atoms with Gasteiger partial charge in [-0.15, -0.1) is 0 Å². The highest BCUT2D eigenvalue weighted by molar-refractivity contribution is 5.87. The summed E-state index contributed by atoms with van der Waals surface area (Å²) in [7, 11) is 0. The van der Waals surface area contributed by atoms with Gasteiger partial charge in [-0.3, -0.25) is 4.79 Å². The summed E-state index contributed by atoms with van der Waals surface area (Å²) in [6, 6.07) is 9.92. The van der Waals surface area contributed by atoms with E-state index in [0.717, 1.165) is 17.7 Å². The molecule has 1 aliphatic heterocycles. The molecular formula is C16H18N2O2. The molecule has 3 rings (SSSR count). The third kappa shape index (κ3) is 2.03. The van der Waals surface area contributed by atoms with E-state index in [0.29, 0.717) is 25.4 Å². The smallest absolute Gasteiger partial charge is 0.240 e. The molecule has 1 atom stereocenters. The van der Waals surface area contributed by atoms with E-state index in [1.807, 2.05) is 24.3 Å². The van der Waals surface area contributed by atoms with Gasteiger partial charge in [-0.05, 0) is 24.8 Å². The molecule has 1 aromatic rings. The molecule has 0 bridgehead atoms. The van der Waals surface area contributed by atoms with E-state index >= 15 is 0 Å². The van der Waals surface area contributed by atoms with Gasteiger partial charge < -0.3 is 10.1 Å². The zero-order chi connectivity index (χ0) is 14.2. The molecule has 2 aliphatic rings. The Morgan fingerprint density at radius 1 is 1.45 bits per heavy atom. The lowest BCUT2D eigenvalue weighted by molar-refractivity contribution is -0.135. The van der Waals surface area contributed by atoms with E-state index in [4.69, 9.17) is 4.74 Å². The molecule has 20 heavy (non-hydrogen) atoms. The maximum atomic E-state index is 12.4. The van der Waals surface area contributed by atoms with Gasteiger partial charge >= 0.3 is 0 Å². The molecule has 0 saturated heterocycles. The Morgan fingerprint density at radius 2 is 2.20 bits per heavy atom. The number of hydrogen-bond donors (Lipinski definition) is 1. The Bertz CT molecular complexity index is 570. The Balaban J connectivity index is 1.76. The van der Waals surface area contributed by atoms with Gasteiger partial charge in [-0.1, -0.05) is 25.1 Å². The van der Waals surface area contributed by atoms with Crippen molar-refractivity contribution in [2.24, 2.45) is 11.3 Å². The number of fused-ring (bicyclic) bond motifs is 1. The fourth-order valence-corrected chi connectivity index (χ4v) is 3.25. The molecule has 4 heteroatoms. The molecule has 1 heterocycles. The van der Waals surface area contributed by atoms with E-state index in [9.17, 15) is 10.1 Å². The predicted molar refractivity (Wildman–Crippen MR) is 73.9 cm³/mol. The van der Waals surface area contributed by atoms with Gasteiger partial charge in [0.05, 0.1) is 18.7 Å². The molecule has 1 amide bonds. The fraction of sp³-hybridized carbons (Fsp3) is 0.500. The summed E-state index contributed by atoms with van der Waals surface area (Å²) in [5.41, 5.74) is 0.194. The number of ether oxygens (including phenoxy) is 1. The van der Waals surface area contributed by atoms with Gasteiger partial charge in [-0.25, -0.2) is 0 Å². The number of nitriles is 1. The molecule has 1 N–H and O–H groups in total. The van der Waals surface area contributed by atoms with Crippen LogP contribution in [0, 0.1) is 22.7 Å². The summed E-state index contributed by atoms with van der Waals surface area (Å²) in [6.07, 6.45) is 2.08. The van der Waals surface area contributed by atoms with Crippen molar-refractivity contribution in [3.63, 3.8) is 0 Å². The summed E-state index contributed by atoms with van der Waals surface area (Å²) in [6.45, 7) is 2.67. The van der Waals surface area contributed by atoms with Crippen molar-refractivity contribution in [3.8, 4) is 11.8 Å². The van der Waals surface area contributed by atoms with Crippen LogP contribution in [0.5, 0.6) is 5.75 Å². The molecule has 1 unspecified atom stereocenters. The predicted octanol–water partition coefficient (Wildman–Crippen LogP) is 2.57. The van der Waals surface area contributed by atoms with Crippen LogP contribution in [0.25, 0.3) is 0 Å². The third-order valence-electron chi connectivity index (χ3n) is 4.31. The monoisotopic (exact) mass is 270 g/mol. The fourth-order valence-electron chi connectivity index (χ4n) is 3.25. The number of para-hydroxylation sites is 1. The molecular weight excluding hydrogens is 252 g/mol. The number of nitrogens with zero attached hydrogens (tertiary/aromatic N) is 1. The first-order chi connectivity index (χ1) is 9.64. The summed E-state index contributed by atoms with van der Waals surface area (Å²) >= 11 is 0. The van der Waals surface area contributed by atoms with E-state index in [2.05, 4.69) is 18.3 Å². The third-order valence-corrected chi connectivity index (χ3v) is 4.31. The molecule has 4 nitrogen and oxygen atoms in total. The summed E-state index contributed by atoms with van der Waals surface area (Å²) in [5, 5.41) is 12.4. The van der Waals surface area contributed by atoms with Gasteiger partial charge in [0, 0.05) is 12.0 Å². The van der Waals surface area contributed by atoms with Crippen LogP contribution >= 0.6 is 0 Å². The Kier molecular flexibility index (Phi) is 3.13. The molecule has 0 spiro atoms. The van der Waals surface area contributed by atoms with Crippen LogP contribution in [0.15, 0.2) is 24.3 Å². The van der Waals surface area contributed by atoms with Gasteiger partial charge in [-0.2, -0.15) is 5.26 Å². The summed E-state index contributed by atoms with van der Waals surface area (Å²) in [4.78, 5) is 12.4. The van der Waals surface area contributed by atoms with Gasteiger partial charge in [0.2, 0.25) is 5.91 Å². The molecule has 1 aromatic carbocycles. The van der Waals surface area contributed by atoms with E-state index in [1.54, 1.807) is 0 Å². The largest absolute Gasteiger partial charge is 0.493 e. The first-order valence-corrected chi connectivity index (χ1v) is 7.08. The average molecular weight is 270 g/mol. The maximum Gasteiger partial charge on any atom is 0.240 e. The highest BCUT2D eigenvalue weighted by Gasteiger charge is 2.49. The maximum absolute atomic E-state index is 12.4. The molecule has 0 aromatic heterocycles. The molecule has 1 saturated carbocycles. The van der Waals surface area contributed by atoms with Crippen LogP contribution in [-0.2, 0) is 4.79 Å². The van der Waals surface area contributed by atoms with Crippen LogP contribution in [0.4, 0.5) is 0 Å². The molecule has 0 radical (unpaired) electrons. The lowest BCUT2D eigenvalue weighted by Crippen LogP contribution is -2.49. The van der Waals surface area contributed by atoms with E-state index in [-0.39, 0.29) is 11.9 Å². The van der Waals surface area contributed by atoms with Gasteiger partial charge in [0.15, 0.2) is 0 Å². The molecule has 1 fully saturated rings. The average Bonchev–Trinajstić information content (AvgIpc) is 2.44. The minimum absolute atomic E-state index is 0.0476. The number of carbonyl (C=O) groups is 1. The zero-order valence-corrected chi connectivity index (χ0v) is 11.6. The van der Waals surface area contributed by atoms with Crippen LogP contribution in [0.2, 0.25) is 0 Å². The molecule has 104 valence electrons. The highest BCUT2D eigenvalue weighted by Crippen LogP contribution is 2.45. The van der Waals surface area contributed by atoms with Crippen molar-refractivity contribution >= 4 is 5.91 Å². The van der Waals surface area contributed by atoms with Crippen molar-refractivity contribution < 1.29 is 9.53 Å². The standard InChI is InChI=1S/C16H18N2O2/c1-11-8-16(9-11,10-17)15(19)18-13-6-7-20-14-5-3-2-4-12(13)14/h2-5,11,13H,6-9H2,1H3,(H,18,19). The highest BCUT2D eigenvalue weighted by atomic mass is 16.5. The Hall–Kier alpha value is -2.02. The normalized spacial score (nSPS) is 31.2. The topological polar surface area (TPSA) is 62.1 Å². The van der Waals surface area contributed by atoms with Crippen LogP contribution < -0.4 is 10.1 Å². The molecule has 1 aliphatic carbocycles. The second kappa shape index (κ2) is 4.82. The van der Waals surface area contributed by atoms with E-state index < -0.39 is 5.41 Å². The van der Waals surface area contributed by atoms with Crippen molar-refractivity contribution in [1.29, 1.82) is 5.26 Å². The number of nitrogens with one attached hydrogen (secondary N) is 1. The Labute approximate surface area is 118 Å². The minimum Gasteiger partial charge on any atom is -0.493 e. The van der Waals surface area contributed by atoms with Crippen molar-refractivity contribution in [1.82, 2.24) is 5.32 Å². The summed E-state index contributed by atoms with van der Waals surface area (Å²) in [5.74, 6) is 1.17. The van der Waals surface area contributed by atoms with Crippen LogP contribution in [0.1, 0.15) is 37.8 Å².